The van der Waals surface area contributed by atoms with E-state index in [1.54, 1.807) is 12.1 Å². The molecule has 0 saturated heterocycles. The molecule has 1 aromatic carbocycles. The Labute approximate surface area is 95.7 Å². The quantitative estimate of drug-likeness (QED) is 0.744. The fourth-order valence-electron chi connectivity index (χ4n) is 1.70. The highest BCUT2D eigenvalue weighted by Gasteiger charge is 2.06. The van der Waals surface area contributed by atoms with Gasteiger partial charge in [-0.3, -0.25) is 4.79 Å². The molecule has 2 nitrogen and oxygen atoms in total. The Hall–Kier alpha value is -1.22. The van der Waals surface area contributed by atoms with Crippen molar-refractivity contribution in [2.24, 2.45) is 5.73 Å². The molecule has 0 atom stereocenters. The summed E-state index contributed by atoms with van der Waals surface area (Å²) in [6.45, 7) is 0. The van der Waals surface area contributed by atoms with Crippen molar-refractivity contribution in [3.05, 3.63) is 35.6 Å². The van der Waals surface area contributed by atoms with Crippen LogP contribution in [-0.4, -0.2) is 12.3 Å². The van der Waals surface area contributed by atoms with Crippen LogP contribution in [-0.2, 0) is 0 Å². The van der Waals surface area contributed by atoms with E-state index in [0.29, 0.717) is 12.3 Å². The van der Waals surface area contributed by atoms with Gasteiger partial charge in [-0.2, -0.15) is 0 Å². The number of carbonyl (C=O) groups excluding carboxylic acids is 1. The summed E-state index contributed by atoms with van der Waals surface area (Å²) in [5.41, 5.74) is 5.74. The zero-order valence-corrected chi connectivity index (χ0v) is 9.36. The molecule has 1 aliphatic carbocycles. The monoisotopic (exact) mass is 223 g/mol. The maximum atomic E-state index is 12.4. The number of hydrogen-bond donors (Lipinski definition) is 1. The highest BCUT2D eigenvalue weighted by atomic mass is 19.1. The molecule has 1 aliphatic rings. The smallest absolute Gasteiger partial charge is 0.152 e. The predicted octanol–water partition coefficient (Wildman–Crippen LogP) is 2.92. The third-order valence-electron chi connectivity index (χ3n) is 2.68. The topological polar surface area (TPSA) is 43.1 Å². The average molecular weight is 223 g/mol. The van der Waals surface area contributed by atoms with Gasteiger partial charge >= 0.3 is 0 Å². The molecule has 0 amide bonds. The lowest BCUT2D eigenvalue weighted by Gasteiger charge is -2.15. The third kappa shape index (κ3) is 4.53. The second-order valence-electron chi connectivity index (χ2n) is 4.04. The Morgan fingerprint density at radius 2 is 1.81 bits per heavy atom. The lowest BCUT2D eigenvalue weighted by atomic mass is 9.97. The Morgan fingerprint density at radius 1 is 1.19 bits per heavy atom. The first-order valence-electron chi connectivity index (χ1n) is 5.69. The molecule has 2 rings (SSSR count). The number of carbonyl (C=O) groups is 1. The van der Waals surface area contributed by atoms with E-state index < -0.39 is 5.82 Å². The summed E-state index contributed by atoms with van der Waals surface area (Å²) < 4.78 is 12.4. The molecular weight excluding hydrogens is 205 g/mol. The lowest BCUT2D eigenvalue weighted by molar-refractivity contribution is 0.112. The molecule has 0 aliphatic heterocycles. The van der Waals surface area contributed by atoms with Crippen LogP contribution in [0.5, 0.6) is 0 Å². The minimum absolute atomic E-state index is 0.109. The van der Waals surface area contributed by atoms with Gasteiger partial charge in [0.25, 0.3) is 0 Å². The molecule has 0 aromatic heterocycles. The molecule has 1 fully saturated rings. The highest BCUT2D eigenvalue weighted by molar-refractivity contribution is 5.74. The fraction of sp³-hybridized carbons (Fsp3) is 0.462. The largest absolute Gasteiger partial charge is 0.328 e. The second kappa shape index (κ2) is 7.12. The number of aldehydes is 1. The van der Waals surface area contributed by atoms with E-state index in [4.69, 9.17) is 5.73 Å². The van der Waals surface area contributed by atoms with E-state index in [1.807, 2.05) is 0 Å². The molecule has 0 bridgehead atoms. The van der Waals surface area contributed by atoms with Crippen LogP contribution < -0.4 is 5.73 Å². The number of halogens is 1. The van der Waals surface area contributed by atoms with Gasteiger partial charge in [-0.05, 0) is 25.0 Å². The van der Waals surface area contributed by atoms with Gasteiger partial charge in [-0.1, -0.05) is 31.4 Å². The number of nitrogens with two attached hydrogens (primary N) is 1. The van der Waals surface area contributed by atoms with Crippen molar-refractivity contribution < 1.29 is 9.18 Å². The molecule has 88 valence electrons. The Morgan fingerprint density at radius 3 is 2.19 bits per heavy atom. The van der Waals surface area contributed by atoms with Gasteiger partial charge in [0.15, 0.2) is 6.29 Å². The Balaban J connectivity index is 0.000000165. The van der Waals surface area contributed by atoms with Gasteiger partial charge in [0, 0.05) is 6.04 Å². The van der Waals surface area contributed by atoms with Gasteiger partial charge in [-0.15, -0.1) is 0 Å². The first-order valence-corrected chi connectivity index (χ1v) is 5.69. The SMILES string of the molecule is NC1CCCCC1.O=Cc1ccccc1F. The molecule has 0 unspecified atom stereocenters. The predicted molar refractivity (Wildman–Crippen MR) is 62.8 cm³/mol. The molecule has 3 heteroatoms. The molecule has 0 radical (unpaired) electrons. The zero-order chi connectivity index (χ0) is 11.8. The maximum Gasteiger partial charge on any atom is 0.152 e. The van der Waals surface area contributed by atoms with Crippen molar-refractivity contribution in [2.45, 2.75) is 38.1 Å². The van der Waals surface area contributed by atoms with Crippen LogP contribution in [0.3, 0.4) is 0 Å². The van der Waals surface area contributed by atoms with Crippen molar-refractivity contribution in [3.63, 3.8) is 0 Å². The Kier molecular flexibility index (Phi) is 5.72. The number of hydrogen-bond acceptors (Lipinski definition) is 2. The van der Waals surface area contributed by atoms with Crippen LogP contribution >= 0.6 is 0 Å². The van der Waals surface area contributed by atoms with E-state index in [-0.39, 0.29) is 5.56 Å². The van der Waals surface area contributed by atoms with E-state index >= 15 is 0 Å². The van der Waals surface area contributed by atoms with Crippen LogP contribution in [0, 0.1) is 5.82 Å². The summed E-state index contributed by atoms with van der Waals surface area (Å²) in [7, 11) is 0. The van der Waals surface area contributed by atoms with E-state index in [2.05, 4.69) is 0 Å². The van der Waals surface area contributed by atoms with Crippen LogP contribution in [0.15, 0.2) is 24.3 Å². The molecule has 1 aromatic rings. The van der Waals surface area contributed by atoms with Crippen molar-refractivity contribution in [1.29, 1.82) is 0 Å². The van der Waals surface area contributed by atoms with Crippen LogP contribution in [0.1, 0.15) is 42.5 Å². The van der Waals surface area contributed by atoms with Crippen molar-refractivity contribution in [3.8, 4) is 0 Å². The van der Waals surface area contributed by atoms with Gasteiger partial charge in [0.1, 0.15) is 5.82 Å². The molecule has 16 heavy (non-hydrogen) atoms. The van der Waals surface area contributed by atoms with E-state index in [1.165, 1.54) is 44.2 Å². The van der Waals surface area contributed by atoms with Crippen molar-refractivity contribution in [1.82, 2.24) is 0 Å². The first kappa shape index (κ1) is 12.8. The normalized spacial score (nSPS) is 16.1. The molecule has 2 N–H and O–H groups in total. The standard InChI is InChI=1S/C7H5FO.C6H13N/c8-7-4-2-1-3-6(7)5-9;7-6-4-2-1-3-5-6/h1-5H;6H,1-5,7H2. The first-order chi connectivity index (χ1) is 7.74. The summed E-state index contributed by atoms with van der Waals surface area (Å²) in [5, 5.41) is 0. The Bertz CT molecular complexity index is 321. The van der Waals surface area contributed by atoms with Crippen molar-refractivity contribution >= 4 is 6.29 Å². The highest BCUT2D eigenvalue weighted by Crippen LogP contribution is 2.14. The lowest BCUT2D eigenvalue weighted by Crippen LogP contribution is -2.22. The van der Waals surface area contributed by atoms with E-state index in [0.717, 1.165) is 0 Å². The third-order valence-corrected chi connectivity index (χ3v) is 2.68. The summed E-state index contributed by atoms with van der Waals surface area (Å²) in [5.74, 6) is -0.465. The summed E-state index contributed by atoms with van der Waals surface area (Å²) in [6, 6.07) is 6.38. The van der Waals surface area contributed by atoms with E-state index in [9.17, 15) is 9.18 Å². The van der Waals surface area contributed by atoms with Crippen LogP contribution in [0.2, 0.25) is 0 Å². The molecule has 1 saturated carbocycles. The van der Waals surface area contributed by atoms with Gasteiger partial charge < -0.3 is 5.73 Å². The van der Waals surface area contributed by atoms with Crippen LogP contribution in [0.4, 0.5) is 4.39 Å². The molecular formula is C13H18FNO. The summed E-state index contributed by atoms with van der Waals surface area (Å²) >= 11 is 0. The number of benzene rings is 1. The minimum Gasteiger partial charge on any atom is -0.328 e. The minimum atomic E-state index is -0.465. The van der Waals surface area contributed by atoms with Gasteiger partial charge in [-0.25, -0.2) is 4.39 Å². The fourth-order valence-corrected chi connectivity index (χ4v) is 1.70. The maximum absolute atomic E-state index is 12.4. The summed E-state index contributed by atoms with van der Waals surface area (Å²) in [6.07, 6.45) is 7.16. The van der Waals surface area contributed by atoms with Gasteiger partial charge in [0.2, 0.25) is 0 Å². The van der Waals surface area contributed by atoms with Crippen molar-refractivity contribution in [2.75, 3.05) is 0 Å². The zero-order valence-electron chi connectivity index (χ0n) is 9.36. The second-order valence-corrected chi connectivity index (χ2v) is 4.04. The molecule has 0 heterocycles. The summed E-state index contributed by atoms with van der Waals surface area (Å²) in [4.78, 5) is 9.99. The van der Waals surface area contributed by atoms with Crippen LogP contribution in [0.25, 0.3) is 0 Å². The molecule has 0 spiro atoms. The van der Waals surface area contributed by atoms with Gasteiger partial charge in [0.05, 0.1) is 5.56 Å². The average Bonchev–Trinajstić information content (AvgIpc) is 2.31. The number of rotatable bonds is 1.